The van der Waals surface area contributed by atoms with Crippen molar-refractivity contribution in [3.63, 3.8) is 0 Å². The zero-order chi connectivity index (χ0) is 13.8. The van der Waals surface area contributed by atoms with E-state index in [1.807, 2.05) is 47.4 Å². The van der Waals surface area contributed by atoms with E-state index in [4.69, 9.17) is 0 Å². The molecule has 1 N–H and O–H groups in total. The maximum atomic E-state index is 4.38. The number of pyridine rings is 2. The van der Waals surface area contributed by atoms with Crippen molar-refractivity contribution in [2.45, 2.75) is 17.7 Å². The Bertz CT molecular complexity index is 561. The Morgan fingerprint density at radius 1 is 1.25 bits per heavy atom. The van der Waals surface area contributed by atoms with Gasteiger partial charge >= 0.3 is 128 Å². The number of anilines is 2. The van der Waals surface area contributed by atoms with Crippen molar-refractivity contribution in [3.05, 3.63) is 48.4 Å². The van der Waals surface area contributed by atoms with Crippen molar-refractivity contribution in [2.75, 3.05) is 23.3 Å². The number of hydrogen-bond acceptors (Lipinski definition) is 4. The van der Waals surface area contributed by atoms with Crippen LogP contribution in [0.4, 0.5) is 11.5 Å². The third-order valence-electron chi connectivity index (χ3n) is 3.51. The number of aromatic nitrogens is 2. The molecule has 1 fully saturated rings. The van der Waals surface area contributed by atoms with Crippen molar-refractivity contribution >= 4 is 28.4 Å². The zero-order valence-corrected chi connectivity index (χ0v) is 13.8. The molecule has 3 rings (SSSR count). The van der Waals surface area contributed by atoms with Gasteiger partial charge in [-0.3, -0.25) is 0 Å². The van der Waals surface area contributed by atoms with Crippen LogP contribution in [0.25, 0.3) is 0 Å². The summed E-state index contributed by atoms with van der Waals surface area (Å²) in [6, 6.07) is 10.2. The molecule has 1 saturated heterocycles. The molecule has 0 saturated carbocycles. The van der Waals surface area contributed by atoms with Gasteiger partial charge in [-0.05, 0) is 0 Å². The Kier molecular flexibility index (Phi) is 4.22. The van der Waals surface area contributed by atoms with Gasteiger partial charge in [0.05, 0.1) is 0 Å². The first-order valence-electron chi connectivity index (χ1n) is 6.91. The second kappa shape index (κ2) is 6.27. The third kappa shape index (κ3) is 3.31. The molecule has 2 atom stereocenters. The van der Waals surface area contributed by atoms with E-state index in [0.29, 0.717) is 6.54 Å². The number of hydrogen-bond donors (Lipinski definition) is 1. The van der Waals surface area contributed by atoms with Crippen LogP contribution < -0.4 is 10.2 Å². The summed E-state index contributed by atoms with van der Waals surface area (Å²) in [5.41, 5.74) is 2.29. The van der Waals surface area contributed by atoms with Crippen LogP contribution >= 0.6 is 0 Å². The quantitative estimate of drug-likeness (QED) is 0.867. The molecule has 3 heterocycles. The number of rotatable bonds is 4. The van der Waals surface area contributed by atoms with E-state index in [0.717, 1.165) is 22.8 Å². The first kappa shape index (κ1) is 13.4. The molecule has 2 aromatic heterocycles. The molecule has 0 radical (unpaired) electrons. The number of nitrogens with one attached hydrogen (secondary N) is 1. The molecule has 104 valence electrons. The van der Waals surface area contributed by atoms with Gasteiger partial charge in [0.1, 0.15) is 0 Å². The average Bonchev–Trinajstić information content (AvgIpc) is 2.93. The summed E-state index contributed by atoms with van der Waals surface area (Å²) < 4.78 is 0.848. The van der Waals surface area contributed by atoms with Crippen LogP contribution in [0.15, 0.2) is 42.7 Å². The predicted octanol–water partition coefficient (Wildman–Crippen LogP) is 1.72. The molecule has 0 aliphatic carbocycles. The molecule has 2 aromatic rings. The Labute approximate surface area is 128 Å². The van der Waals surface area contributed by atoms with Crippen LogP contribution in [-0.2, 0) is 6.54 Å². The molecule has 0 spiro atoms. The van der Waals surface area contributed by atoms with Gasteiger partial charge in [-0.15, -0.1) is 0 Å². The molecular formula is C15H19AsN4. The molecular weight excluding hydrogens is 311 g/mol. The van der Waals surface area contributed by atoms with Gasteiger partial charge in [0.25, 0.3) is 0 Å². The molecule has 1 aliphatic rings. The van der Waals surface area contributed by atoms with Gasteiger partial charge in [0.2, 0.25) is 0 Å². The molecule has 1 aliphatic heterocycles. The minimum atomic E-state index is 0.705. The SMILES string of the molecule is [AsH2][C@H]1CCN(c2ccnc(NCc3ccccn3)c2)C1. The van der Waals surface area contributed by atoms with Crippen LogP contribution in [0, 0.1) is 0 Å². The minimum absolute atomic E-state index is 0.705. The van der Waals surface area contributed by atoms with Crippen LogP contribution in [-0.4, -0.2) is 39.9 Å². The fourth-order valence-electron chi connectivity index (χ4n) is 2.42. The Morgan fingerprint density at radius 2 is 2.20 bits per heavy atom. The summed E-state index contributed by atoms with van der Waals surface area (Å²) in [5, 5.41) is 3.34. The fraction of sp³-hybridized carbons (Fsp3) is 0.333. The second-order valence-corrected chi connectivity index (χ2v) is 7.05. The van der Waals surface area contributed by atoms with E-state index in [1.54, 1.807) is 0 Å². The Morgan fingerprint density at radius 3 is 2.95 bits per heavy atom. The predicted molar refractivity (Wildman–Crippen MR) is 84.9 cm³/mol. The van der Waals surface area contributed by atoms with Crippen LogP contribution in [0.1, 0.15) is 12.1 Å². The first-order chi connectivity index (χ1) is 9.81. The monoisotopic (exact) mass is 330 g/mol. The molecule has 20 heavy (non-hydrogen) atoms. The molecule has 4 nitrogen and oxygen atoms in total. The van der Waals surface area contributed by atoms with Gasteiger partial charge < -0.3 is 0 Å². The summed E-state index contributed by atoms with van der Waals surface area (Å²) in [6.45, 7) is 3.03. The summed E-state index contributed by atoms with van der Waals surface area (Å²) in [4.78, 5) is 11.1. The number of nitrogens with zero attached hydrogens (tertiary/aromatic N) is 3. The molecule has 5 heteroatoms. The standard InChI is InChI=1S/C15H19AsN4/c16-12-5-8-20(11-12)14-4-7-18-15(9-14)19-10-13-3-1-2-6-17-13/h1-4,6-7,9,12H,5,8,10-11,16H2,(H,18,19)/t12-/m0/s1. The van der Waals surface area contributed by atoms with Crippen molar-refractivity contribution in [3.8, 4) is 0 Å². The van der Waals surface area contributed by atoms with E-state index in [1.165, 1.54) is 18.7 Å². The van der Waals surface area contributed by atoms with Crippen molar-refractivity contribution < 1.29 is 0 Å². The Hall–Kier alpha value is -1.54. The van der Waals surface area contributed by atoms with Gasteiger partial charge in [0.15, 0.2) is 0 Å². The summed E-state index contributed by atoms with van der Waals surface area (Å²) in [7, 11) is 0. The van der Waals surface area contributed by atoms with Gasteiger partial charge in [0, 0.05) is 0 Å². The average molecular weight is 330 g/mol. The molecule has 0 bridgehead atoms. The van der Waals surface area contributed by atoms with Gasteiger partial charge in [-0.2, -0.15) is 0 Å². The topological polar surface area (TPSA) is 41.1 Å². The van der Waals surface area contributed by atoms with Gasteiger partial charge in [-0.25, -0.2) is 0 Å². The zero-order valence-electron chi connectivity index (χ0n) is 11.4. The fourth-order valence-corrected chi connectivity index (χ4v) is 3.27. The normalized spacial score (nSPS) is 18.2. The third-order valence-corrected chi connectivity index (χ3v) is 4.65. The van der Waals surface area contributed by atoms with E-state index in [-0.39, 0.29) is 0 Å². The summed E-state index contributed by atoms with van der Waals surface area (Å²) in [6.07, 6.45) is 5.00. The van der Waals surface area contributed by atoms with Crippen molar-refractivity contribution in [1.82, 2.24) is 9.97 Å². The summed E-state index contributed by atoms with van der Waals surface area (Å²) in [5.74, 6) is 0.915. The van der Waals surface area contributed by atoms with Gasteiger partial charge in [-0.1, -0.05) is 0 Å². The van der Waals surface area contributed by atoms with Crippen LogP contribution in [0.5, 0.6) is 0 Å². The van der Waals surface area contributed by atoms with Crippen LogP contribution in [0.2, 0.25) is 4.71 Å². The van der Waals surface area contributed by atoms with E-state index in [2.05, 4.69) is 32.3 Å². The van der Waals surface area contributed by atoms with E-state index >= 15 is 0 Å². The molecule has 0 aromatic carbocycles. The maximum absolute atomic E-state index is 4.38. The van der Waals surface area contributed by atoms with Crippen molar-refractivity contribution in [2.24, 2.45) is 0 Å². The summed E-state index contributed by atoms with van der Waals surface area (Å²) >= 11 is 1.85. The van der Waals surface area contributed by atoms with Crippen molar-refractivity contribution in [1.29, 1.82) is 0 Å². The van der Waals surface area contributed by atoms with E-state index in [9.17, 15) is 0 Å². The molecule has 0 amide bonds. The Balaban J connectivity index is 1.65. The second-order valence-electron chi connectivity index (χ2n) is 5.07. The first-order valence-corrected chi connectivity index (χ1v) is 8.31. The van der Waals surface area contributed by atoms with Crippen LogP contribution in [0.3, 0.4) is 0 Å². The van der Waals surface area contributed by atoms with E-state index < -0.39 is 0 Å². The molecule has 1 unspecified atom stereocenters.